The van der Waals surface area contributed by atoms with Gasteiger partial charge in [0.15, 0.2) is 5.75 Å². The van der Waals surface area contributed by atoms with Gasteiger partial charge in [-0.25, -0.2) is 9.89 Å². The first-order chi connectivity index (χ1) is 15.7. The number of aromatic amines is 1. The zero-order valence-electron chi connectivity index (χ0n) is 17.5. The second-order valence-electron chi connectivity index (χ2n) is 6.92. The number of benzene rings is 1. The predicted octanol–water partition coefficient (Wildman–Crippen LogP) is 3.48. The fraction of sp³-hybridized carbons (Fsp3) is 0.300. The number of amides is 2. The lowest BCUT2D eigenvalue weighted by atomic mass is 10.1. The summed E-state index contributed by atoms with van der Waals surface area (Å²) in [6, 6.07) is 4.37. The number of imide groups is 1. The molecule has 0 fully saturated rings. The Bertz CT molecular complexity index is 1210. The summed E-state index contributed by atoms with van der Waals surface area (Å²) in [7, 11) is 0. The Morgan fingerprint density at radius 2 is 2.06 bits per heavy atom. The molecule has 0 bridgehead atoms. The topological polar surface area (TPSA) is 159 Å². The third-order valence-corrected chi connectivity index (χ3v) is 5.27. The Labute approximate surface area is 197 Å². The van der Waals surface area contributed by atoms with Gasteiger partial charge in [0.1, 0.15) is 6.07 Å². The molecule has 1 aliphatic rings. The number of hydrogen-bond donors (Lipinski definition) is 3. The number of nitrogens with one attached hydrogen (secondary N) is 3. The van der Waals surface area contributed by atoms with Crippen LogP contribution in [0.25, 0.3) is 0 Å². The number of halogens is 2. The molecule has 11 nitrogen and oxygen atoms in total. The lowest BCUT2D eigenvalue weighted by Crippen LogP contribution is -2.36. The summed E-state index contributed by atoms with van der Waals surface area (Å²) in [5.74, 6) is -0.652. The van der Waals surface area contributed by atoms with Crippen molar-refractivity contribution in [2.75, 3.05) is 12.0 Å². The van der Waals surface area contributed by atoms with Crippen molar-refractivity contribution in [1.82, 2.24) is 15.5 Å². The van der Waals surface area contributed by atoms with Crippen molar-refractivity contribution in [1.29, 1.82) is 5.26 Å². The third kappa shape index (κ3) is 5.42. The van der Waals surface area contributed by atoms with Crippen molar-refractivity contribution in [3.63, 3.8) is 0 Å². The van der Waals surface area contributed by atoms with E-state index in [1.807, 2.05) is 12.2 Å². The number of aromatic nitrogens is 2. The molecule has 1 aromatic carbocycles. The minimum atomic E-state index is -1.05. The number of hydrazone groups is 1. The quantitative estimate of drug-likeness (QED) is 0.408. The molecule has 172 valence electrons. The number of alkyl carbamates (subject to hydrolysis) is 1. The maximum atomic E-state index is 12.1. The van der Waals surface area contributed by atoms with Crippen LogP contribution in [0.2, 0.25) is 10.0 Å². The molecule has 33 heavy (non-hydrogen) atoms. The molecule has 0 spiro atoms. The summed E-state index contributed by atoms with van der Waals surface area (Å²) in [4.78, 5) is 35.3. The first-order valence-electron chi connectivity index (χ1n) is 9.75. The average Bonchev–Trinajstić information content (AvgIpc) is 3.15. The second kappa shape index (κ2) is 10.3. The molecule has 2 amide bonds. The van der Waals surface area contributed by atoms with Gasteiger partial charge in [-0.3, -0.25) is 20.3 Å². The highest BCUT2D eigenvalue weighted by Crippen LogP contribution is 2.41. The number of carbonyl (C=O) groups is 2. The highest BCUT2D eigenvalue weighted by atomic mass is 35.5. The minimum Gasteiger partial charge on any atom is -0.450 e. The maximum absolute atomic E-state index is 12.1. The van der Waals surface area contributed by atoms with E-state index in [1.54, 1.807) is 13.0 Å². The van der Waals surface area contributed by atoms with Gasteiger partial charge in [0.05, 0.1) is 22.3 Å². The molecule has 0 radical (unpaired) electrons. The Morgan fingerprint density at radius 1 is 1.36 bits per heavy atom. The molecule has 3 rings (SSSR count). The Morgan fingerprint density at radius 3 is 2.70 bits per heavy atom. The fourth-order valence-corrected chi connectivity index (χ4v) is 3.78. The van der Waals surface area contributed by atoms with Crippen LogP contribution in [-0.2, 0) is 16.0 Å². The van der Waals surface area contributed by atoms with E-state index in [-0.39, 0.29) is 45.4 Å². The number of ether oxygens (including phenoxy) is 2. The van der Waals surface area contributed by atoms with Crippen LogP contribution in [-0.4, -0.2) is 34.5 Å². The second-order valence-corrected chi connectivity index (χ2v) is 7.73. The molecule has 1 atom stereocenters. The predicted molar refractivity (Wildman–Crippen MR) is 120 cm³/mol. The van der Waals surface area contributed by atoms with Gasteiger partial charge in [-0.05, 0) is 37.8 Å². The molecular formula is C20H18Cl2N6O5. The molecule has 1 aromatic heterocycles. The van der Waals surface area contributed by atoms with Crippen LogP contribution in [0.3, 0.4) is 0 Å². The SMILES string of the molecule is CCOC(=O)NC(=O)/C(C#N)=N/Nc1cc(Cl)c(Oc2n[nH]c(=O)c3c2CC[C@H]3C)c(Cl)c1. The van der Waals surface area contributed by atoms with Crippen LogP contribution < -0.4 is 21.0 Å². The minimum absolute atomic E-state index is 0.0538. The number of hydrogen-bond acceptors (Lipinski definition) is 9. The van der Waals surface area contributed by atoms with Gasteiger partial charge in [-0.1, -0.05) is 30.1 Å². The molecule has 0 saturated heterocycles. The van der Waals surface area contributed by atoms with Crippen LogP contribution in [0.4, 0.5) is 10.5 Å². The maximum Gasteiger partial charge on any atom is 0.414 e. The Kier molecular flexibility index (Phi) is 7.52. The normalized spacial score (nSPS) is 14.8. The summed E-state index contributed by atoms with van der Waals surface area (Å²) in [5, 5.41) is 21.2. The van der Waals surface area contributed by atoms with Crippen molar-refractivity contribution in [2.45, 2.75) is 32.6 Å². The molecule has 0 unspecified atom stereocenters. The van der Waals surface area contributed by atoms with Gasteiger partial charge in [-0.15, -0.1) is 5.10 Å². The summed E-state index contributed by atoms with van der Waals surface area (Å²) in [6.45, 7) is 3.57. The van der Waals surface area contributed by atoms with E-state index in [0.717, 1.165) is 6.42 Å². The lowest BCUT2D eigenvalue weighted by Gasteiger charge is -2.13. The molecule has 13 heteroatoms. The van der Waals surface area contributed by atoms with Crippen LogP contribution in [0.5, 0.6) is 11.6 Å². The Balaban J connectivity index is 1.79. The highest BCUT2D eigenvalue weighted by Gasteiger charge is 2.27. The standard InChI is InChI=1S/C20H18Cl2N6O5/c1-3-32-20(31)24-17(29)14(8-23)26-25-10-6-12(21)16(13(22)7-10)33-19-11-5-4-9(2)15(11)18(30)27-28-19/h6-7,9,25H,3-5H2,1-2H3,(H,27,30)(H,24,29,31)/b26-14+/t9-/m1/s1. The van der Waals surface area contributed by atoms with Crippen LogP contribution in [0.1, 0.15) is 37.3 Å². The number of anilines is 1. The van der Waals surface area contributed by atoms with Crippen molar-refractivity contribution in [3.05, 3.63) is 43.7 Å². The largest absolute Gasteiger partial charge is 0.450 e. The van der Waals surface area contributed by atoms with Gasteiger partial charge >= 0.3 is 6.09 Å². The van der Waals surface area contributed by atoms with E-state index in [4.69, 9.17) is 33.2 Å². The molecule has 3 N–H and O–H groups in total. The molecule has 1 heterocycles. The summed E-state index contributed by atoms with van der Waals surface area (Å²) < 4.78 is 10.4. The Hall–Kier alpha value is -3.62. The van der Waals surface area contributed by atoms with Crippen molar-refractivity contribution in [2.24, 2.45) is 5.10 Å². The van der Waals surface area contributed by atoms with E-state index >= 15 is 0 Å². The molecule has 0 saturated carbocycles. The van der Waals surface area contributed by atoms with Crippen LogP contribution >= 0.6 is 23.2 Å². The first kappa shape index (κ1) is 24.0. The lowest BCUT2D eigenvalue weighted by molar-refractivity contribution is -0.114. The van der Waals surface area contributed by atoms with Crippen molar-refractivity contribution in [3.8, 4) is 17.7 Å². The van der Waals surface area contributed by atoms with Gasteiger partial charge in [0.2, 0.25) is 11.6 Å². The molecule has 1 aliphatic carbocycles. The number of H-pyrrole nitrogens is 1. The smallest absolute Gasteiger partial charge is 0.414 e. The highest BCUT2D eigenvalue weighted by molar-refractivity contribution is 6.47. The van der Waals surface area contributed by atoms with E-state index in [9.17, 15) is 14.4 Å². The van der Waals surface area contributed by atoms with Gasteiger partial charge in [0, 0.05) is 11.1 Å². The molecule has 2 aromatic rings. The summed E-state index contributed by atoms with van der Waals surface area (Å²) in [5.41, 5.74) is 3.17. The number of nitrogens with zero attached hydrogens (tertiary/aromatic N) is 3. The van der Waals surface area contributed by atoms with Crippen molar-refractivity contribution >= 4 is 46.6 Å². The zero-order chi connectivity index (χ0) is 24.1. The van der Waals surface area contributed by atoms with Gasteiger partial charge in [0.25, 0.3) is 11.5 Å². The first-order valence-corrected chi connectivity index (χ1v) is 10.5. The number of carbonyl (C=O) groups excluding carboxylic acids is 2. The fourth-order valence-electron chi connectivity index (χ4n) is 3.22. The van der Waals surface area contributed by atoms with Crippen molar-refractivity contribution < 1.29 is 19.1 Å². The van der Waals surface area contributed by atoms with Gasteiger partial charge < -0.3 is 9.47 Å². The van der Waals surface area contributed by atoms with E-state index < -0.39 is 17.7 Å². The van der Waals surface area contributed by atoms with Crippen LogP contribution in [0, 0.1) is 11.3 Å². The number of nitriles is 1. The number of rotatable bonds is 6. The monoisotopic (exact) mass is 492 g/mol. The average molecular weight is 493 g/mol. The third-order valence-electron chi connectivity index (χ3n) is 4.71. The number of fused-ring (bicyclic) bond motifs is 1. The van der Waals surface area contributed by atoms with E-state index in [0.29, 0.717) is 17.5 Å². The van der Waals surface area contributed by atoms with Gasteiger partial charge in [-0.2, -0.15) is 10.4 Å². The van der Waals surface area contributed by atoms with E-state index in [1.165, 1.54) is 12.1 Å². The zero-order valence-corrected chi connectivity index (χ0v) is 19.0. The summed E-state index contributed by atoms with van der Waals surface area (Å²) >= 11 is 12.6. The van der Waals surface area contributed by atoms with Crippen LogP contribution in [0.15, 0.2) is 22.0 Å². The van der Waals surface area contributed by atoms with E-state index in [2.05, 4.69) is 25.5 Å². The summed E-state index contributed by atoms with van der Waals surface area (Å²) in [6.07, 6.45) is 0.431. The molecule has 0 aliphatic heterocycles. The molecular weight excluding hydrogens is 475 g/mol.